The molecule has 0 spiro atoms. The third-order valence-electron chi connectivity index (χ3n) is 4.94. The number of halogens is 1. The molecule has 0 saturated heterocycles. The molecule has 1 saturated carbocycles. The van der Waals surface area contributed by atoms with E-state index >= 15 is 0 Å². The largest absolute Gasteiger partial charge is 0.487 e. The van der Waals surface area contributed by atoms with Crippen LogP contribution in [0.1, 0.15) is 42.6 Å². The van der Waals surface area contributed by atoms with Crippen molar-refractivity contribution in [1.29, 1.82) is 0 Å². The monoisotopic (exact) mass is 404 g/mol. The predicted octanol–water partition coefficient (Wildman–Crippen LogP) is 4.85. The van der Waals surface area contributed by atoms with Crippen molar-refractivity contribution in [2.24, 2.45) is 5.92 Å². The van der Waals surface area contributed by atoms with Gasteiger partial charge in [-0.3, -0.25) is 9.78 Å². The predicted molar refractivity (Wildman–Crippen MR) is 114 cm³/mol. The second-order valence-corrected chi connectivity index (χ2v) is 7.58. The van der Waals surface area contributed by atoms with Crippen LogP contribution in [0.4, 0.5) is 0 Å². The van der Waals surface area contributed by atoms with Gasteiger partial charge < -0.3 is 9.30 Å². The number of rotatable bonds is 5. The molecule has 3 aromatic rings. The van der Waals surface area contributed by atoms with Crippen molar-refractivity contribution < 1.29 is 4.74 Å². The molecule has 5 heteroatoms. The van der Waals surface area contributed by atoms with Gasteiger partial charge in [-0.1, -0.05) is 35.6 Å². The first-order valence-corrected chi connectivity index (χ1v) is 10.0. The second kappa shape index (κ2) is 8.55. The molecule has 0 aliphatic heterocycles. The molecule has 0 amide bonds. The second-order valence-electron chi connectivity index (χ2n) is 7.17. The zero-order chi connectivity index (χ0) is 20.2. The number of nitrogens with zero attached hydrogens (tertiary/aromatic N) is 2. The van der Waals surface area contributed by atoms with Crippen molar-refractivity contribution in [1.82, 2.24) is 9.55 Å². The maximum Gasteiger partial charge on any atom is 0.254 e. The molecule has 1 aliphatic carbocycles. The van der Waals surface area contributed by atoms with Gasteiger partial charge in [-0.25, -0.2) is 0 Å². The SMILES string of the molecule is C[C@H](c1ccc(C#CC2CC2)cc1)n1ccc(OCc2ncccc2Cl)cc1=O. The third kappa shape index (κ3) is 4.88. The van der Waals surface area contributed by atoms with Crippen LogP contribution < -0.4 is 10.3 Å². The number of hydrogen-bond donors (Lipinski definition) is 0. The van der Waals surface area contributed by atoms with Crippen LogP contribution >= 0.6 is 11.6 Å². The smallest absolute Gasteiger partial charge is 0.254 e. The van der Waals surface area contributed by atoms with Gasteiger partial charge in [0.05, 0.1) is 16.8 Å². The molecule has 1 fully saturated rings. The van der Waals surface area contributed by atoms with E-state index in [1.165, 1.54) is 18.9 Å². The fourth-order valence-corrected chi connectivity index (χ4v) is 3.15. The first-order valence-electron chi connectivity index (χ1n) is 9.66. The summed E-state index contributed by atoms with van der Waals surface area (Å²) in [6, 6.07) is 14.8. The van der Waals surface area contributed by atoms with Crippen molar-refractivity contribution in [3.63, 3.8) is 0 Å². The molecular weight excluding hydrogens is 384 g/mol. The highest BCUT2D eigenvalue weighted by Crippen LogP contribution is 2.27. The van der Waals surface area contributed by atoms with E-state index in [1.807, 2.05) is 31.2 Å². The van der Waals surface area contributed by atoms with Gasteiger partial charge >= 0.3 is 0 Å². The summed E-state index contributed by atoms with van der Waals surface area (Å²) in [5, 5.41) is 0.541. The number of hydrogen-bond acceptors (Lipinski definition) is 3. The Labute approximate surface area is 175 Å². The van der Waals surface area contributed by atoms with E-state index < -0.39 is 0 Å². The fraction of sp³-hybridized carbons (Fsp3) is 0.250. The molecule has 1 aromatic carbocycles. The maximum absolute atomic E-state index is 12.6. The minimum absolute atomic E-state index is 0.0905. The summed E-state index contributed by atoms with van der Waals surface area (Å²) in [4.78, 5) is 16.8. The van der Waals surface area contributed by atoms with Crippen LogP contribution in [0, 0.1) is 17.8 Å². The zero-order valence-corrected chi connectivity index (χ0v) is 16.9. The van der Waals surface area contributed by atoms with Crippen LogP contribution in [0.25, 0.3) is 0 Å². The lowest BCUT2D eigenvalue weighted by molar-refractivity contribution is 0.300. The van der Waals surface area contributed by atoms with E-state index in [0.29, 0.717) is 22.4 Å². The minimum Gasteiger partial charge on any atom is -0.487 e. The Balaban J connectivity index is 1.45. The van der Waals surface area contributed by atoms with Crippen LogP contribution in [0.3, 0.4) is 0 Å². The number of aromatic nitrogens is 2. The summed E-state index contributed by atoms with van der Waals surface area (Å²) in [5.74, 6) is 7.55. The lowest BCUT2D eigenvalue weighted by atomic mass is 10.1. The van der Waals surface area contributed by atoms with Crippen LogP contribution in [-0.4, -0.2) is 9.55 Å². The molecule has 0 unspecified atom stereocenters. The Morgan fingerprint density at radius 2 is 2.03 bits per heavy atom. The van der Waals surface area contributed by atoms with Crippen LogP contribution in [0.2, 0.25) is 5.02 Å². The highest BCUT2D eigenvalue weighted by molar-refractivity contribution is 6.31. The number of pyridine rings is 2. The van der Waals surface area contributed by atoms with E-state index in [-0.39, 0.29) is 18.2 Å². The Hall–Kier alpha value is -3.03. The highest BCUT2D eigenvalue weighted by Gasteiger charge is 2.17. The maximum atomic E-state index is 12.6. The van der Waals surface area contributed by atoms with Gasteiger partial charge in [0.15, 0.2) is 0 Å². The summed E-state index contributed by atoms with van der Waals surface area (Å²) < 4.78 is 7.37. The summed E-state index contributed by atoms with van der Waals surface area (Å²) in [5.41, 5.74) is 2.58. The Kier molecular flexibility index (Phi) is 5.69. The van der Waals surface area contributed by atoms with E-state index in [9.17, 15) is 4.79 Å². The molecule has 1 aliphatic rings. The minimum atomic E-state index is -0.125. The molecule has 146 valence electrons. The third-order valence-corrected chi connectivity index (χ3v) is 5.28. The summed E-state index contributed by atoms with van der Waals surface area (Å²) >= 11 is 6.09. The van der Waals surface area contributed by atoms with Crippen molar-refractivity contribution in [3.05, 3.63) is 93.1 Å². The van der Waals surface area contributed by atoms with Crippen molar-refractivity contribution in [2.45, 2.75) is 32.4 Å². The topological polar surface area (TPSA) is 44.1 Å². The van der Waals surface area contributed by atoms with E-state index in [1.54, 1.807) is 35.2 Å². The summed E-state index contributed by atoms with van der Waals surface area (Å²) in [6.45, 7) is 2.21. The van der Waals surface area contributed by atoms with Crippen molar-refractivity contribution >= 4 is 11.6 Å². The van der Waals surface area contributed by atoms with E-state index in [2.05, 4.69) is 16.8 Å². The normalized spacial score (nSPS) is 14.0. The van der Waals surface area contributed by atoms with Gasteiger partial charge in [-0.15, -0.1) is 0 Å². The molecule has 2 aromatic heterocycles. The van der Waals surface area contributed by atoms with Crippen molar-refractivity contribution in [2.75, 3.05) is 0 Å². The Morgan fingerprint density at radius 3 is 2.72 bits per heavy atom. The first kappa shape index (κ1) is 19.3. The first-order chi connectivity index (χ1) is 14.1. The van der Waals surface area contributed by atoms with E-state index in [4.69, 9.17) is 16.3 Å². The van der Waals surface area contributed by atoms with Crippen LogP contribution in [0.15, 0.2) is 65.7 Å². The zero-order valence-electron chi connectivity index (χ0n) is 16.1. The Bertz CT molecular complexity index is 1120. The molecular formula is C24H21ClN2O2. The highest BCUT2D eigenvalue weighted by atomic mass is 35.5. The van der Waals surface area contributed by atoms with Gasteiger partial charge in [-0.2, -0.15) is 0 Å². The molecule has 29 heavy (non-hydrogen) atoms. The van der Waals surface area contributed by atoms with Gasteiger partial charge in [0.1, 0.15) is 12.4 Å². The summed E-state index contributed by atoms with van der Waals surface area (Å²) in [6.07, 6.45) is 5.86. The van der Waals surface area contributed by atoms with Crippen LogP contribution in [-0.2, 0) is 6.61 Å². The quantitative estimate of drug-likeness (QED) is 0.571. The fourth-order valence-electron chi connectivity index (χ4n) is 2.98. The van der Waals surface area contributed by atoms with Gasteiger partial charge in [0.2, 0.25) is 0 Å². The molecule has 4 nitrogen and oxygen atoms in total. The molecule has 0 N–H and O–H groups in total. The average molecular weight is 405 g/mol. The lowest BCUT2D eigenvalue weighted by Crippen LogP contribution is -2.22. The van der Waals surface area contributed by atoms with Crippen molar-refractivity contribution in [3.8, 4) is 17.6 Å². The van der Waals surface area contributed by atoms with E-state index in [0.717, 1.165) is 11.1 Å². The molecule has 4 rings (SSSR count). The lowest BCUT2D eigenvalue weighted by Gasteiger charge is -2.16. The van der Waals surface area contributed by atoms with Gasteiger partial charge in [0.25, 0.3) is 5.56 Å². The summed E-state index contributed by atoms with van der Waals surface area (Å²) in [7, 11) is 0. The molecule has 0 bridgehead atoms. The number of benzene rings is 1. The van der Waals surface area contributed by atoms with Crippen LogP contribution in [0.5, 0.6) is 5.75 Å². The standard InChI is InChI=1S/C24H21ClN2O2/c1-17(20-10-8-19(9-11-20)7-6-18-4-5-18)27-14-12-21(15-24(27)28)29-16-23-22(25)3-2-13-26-23/h2-3,8-15,17-18H,4-5,16H2,1H3/t17-/m1/s1. The Morgan fingerprint density at radius 1 is 1.24 bits per heavy atom. The molecule has 1 atom stereocenters. The van der Waals surface area contributed by atoms with Gasteiger partial charge in [0, 0.05) is 29.9 Å². The van der Waals surface area contributed by atoms with Gasteiger partial charge in [-0.05, 0) is 55.7 Å². The average Bonchev–Trinajstić information content (AvgIpc) is 3.56. The molecule has 2 heterocycles. The number of ether oxygens (including phenoxy) is 1. The molecule has 0 radical (unpaired) electrons.